The van der Waals surface area contributed by atoms with E-state index in [1.807, 2.05) is 29.6 Å². The number of carbonyl (C=O) groups is 1. The highest BCUT2D eigenvalue weighted by Gasteiger charge is 2.07. The second-order valence-corrected chi connectivity index (χ2v) is 5.98. The molecular formula is C12H11ClN2OS2. The summed E-state index contributed by atoms with van der Waals surface area (Å²) in [5.74, 6) is 0.396. The molecule has 0 aliphatic rings. The normalized spacial score (nSPS) is 10.3. The van der Waals surface area contributed by atoms with Crippen LogP contribution in [-0.4, -0.2) is 23.7 Å². The number of hydrogen-bond donors (Lipinski definition) is 1. The predicted octanol–water partition coefficient (Wildman–Crippen LogP) is 3.30. The highest BCUT2D eigenvalue weighted by Crippen LogP contribution is 2.28. The van der Waals surface area contributed by atoms with Crippen molar-refractivity contribution >= 4 is 40.6 Å². The molecular weight excluding hydrogens is 288 g/mol. The number of hydrogen-bond acceptors (Lipinski definition) is 4. The van der Waals surface area contributed by atoms with Crippen LogP contribution in [0.1, 0.15) is 0 Å². The Labute approximate surface area is 119 Å². The summed E-state index contributed by atoms with van der Waals surface area (Å²) in [5.41, 5.74) is 1.94. The van der Waals surface area contributed by atoms with Gasteiger partial charge in [-0.05, 0) is 12.1 Å². The van der Waals surface area contributed by atoms with Crippen molar-refractivity contribution in [2.75, 3.05) is 12.8 Å². The molecule has 94 valence electrons. The van der Waals surface area contributed by atoms with Crippen LogP contribution in [0.4, 0.5) is 0 Å². The van der Waals surface area contributed by atoms with Crippen molar-refractivity contribution in [1.82, 2.24) is 10.3 Å². The van der Waals surface area contributed by atoms with Gasteiger partial charge in [-0.15, -0.1) is 11.3 Å². The molecule has 1 aromatic heterocycles. The monoisotopic (exact) mass is 298 g/mol. The van der Waals surface area contributed by atoms with Crippen molar-refractivity contribution in [2.45, 2.75) is 4.34 Å². The third-order valence-electron chi connectivity index (χ3n) is 2.23. The Hall–Kier alpha value is -1.04. The lowest BCUT2D eigenvalue weighted by atomic mass is 10.2. The lowest BCUT2D eigenvalue weighted by Gasteiger charge is -1.97. The average Bonchev–Trinajstić information content (AvgIpc) is 2.85. The number of rotatable bonds is 4. The first-order valence-corrected chi connectivity index (χ1v) is 7.48. The number of thioether (sulfide) groups is 1. The van der Waals surface area contributed by atoms with E-state index in [0.29, 0.717) is 10.8 Å². The van der Waals surface area contributed by atoms with Crippen LogP contribution in [0.5, 0.6) is 0 Å². The number of benzene rings is 1. The predicted molar refractivity (Wildman–Crippen MR) is 77.4 cm³/mol. The summed E-state index contributed by atoms with van der Waals surface area (Å²) in [6.07, 6.45) is 0. The number of carbonyl (C=O) groups excluding carboxylic acids is 1. The van der Waals surface area contributed by atoms with Crippen LogP contribution in [0.15, 0.2) is 34.0 Å². The lowest BCUT2D eigenvalue weighted by Crippen LogP contribution is -2.19. The number of thiazole rings is 1. The SMILES string of the molecule is CNC(=O)CSc1nc(-c2ccc(Cl)cc2)cs1. The van der Waals surface area contributed by atoms with Crippen LogP contribution in [0.3, 0.4) is 0 Å². The molecule has 2 aromatic rings. The molecule has 3 nitrogen and oxygen atoms in total. The Bertz CT molecular complexity index is 539. The molecule has 0 bridgehead atoms. The lowest BCUT2D eigenvalue weighted by molar-refractivity contribution is -0.118. The first-order valence-electron chi connectivity index (χ1n) is 5.24. The van der Waals surface area contributed by atoms with E-state index in [1.165, 1.54) is 23.1 Å². The number of amides is 1. The minimum absolute atomic E-state index is 0.00300. The van der Waals surface area contributed by atoms with Gasteiger partial charge in [-0.3, -0.25) is 4.79 Å². The Morgan fingerprint density at radius 3 is 2.83 bits per heavy atom. The summed E-state index contributed by atoms with van der Waals surface area (Å²) in [6.45, 7) is 0. The summed E-state index contributed by atoms with van der Waals surface area (Å²) in [7, 11) is 1.63. The summed E-state index contributed by atoms with van der Waals surface area (Å²) in [5, 5.41) is 5.28. The topological polar surface area (TPSA) is 42.0 Å². The van der Waals surface area contributed by atoms with Crippen LogP contribution in [-0.2, 0) is 4.79 Å². The molecule has 2 rings (SSSR count). The maximum Gasteiger partial charge on any atom is 0.230 e. The quantitative estimate of drug-likeness (QED) is 0.881. The van der Waals surface area contributed by atoms with E-state index in [0.717, 1.165) is 15.6 Å². The van der Waals surface area contributed by atoms with Crippen molar-refractivity contribution in [3.05, 3.63) is 34.7 Å². The van der Waals surface area contributed by atoms with Crippen molar-refractivity contribution in [1.29, 1.82) is 0 Å². The van der Waals surface area contributed by atoms with Gasteiger partial charge in [-0.25, -0.2) is 4.98 Å². The fraction of sp³-hybridized carbons (Fsp3) is 0.167. The van der Waals surface area contributed by atoms with Gasteiger partial charge in [-0.1, -0.05) is 35.5 Å². The van der Waals surface area contributed by atoms with Crippen LogP contribution >= 0.6 is 34.7 Å². The molecule has 0 radical (unpaired) electrons. The minimum atomic E-state index is 0.00300. The molecule has 0 aliphatic heterocycles. The maximum atomic E-state index is 11.1. The number of nitrogens with zero attached hydrogens (tertiary/aromatic N) is 1. The van der Waals surface area contributed by atoms with Gasteiger partial charge in [0, 0.05) is 23.0 Å². The zero-order chi connectivity index (χ0) is 13.0. The van der Waals surface area contributed by atoms with Crippen molar-refractivity contribution < 1.29 is 4.79 Å². The first-order chi connectivity index (χ1) is 8.69. The second kappa shape index (κ2) is 6.22. The Morgan fingerprint density at radius 2 is 2.17 bits per heavy atom. The fourth-order valence-corrected chi connectivity index (χ4v) is 3.11. The molecule has 6 heteroatoms. The molecule has 0 fully saturated rings. The summed E-state index contributed by atoms with van der Waals surface area (Å²) in [6, 6.07) is 7.55. The Kier molecular flexibility index (Phi) is 4.63. The summed E-state index contributed by atoms with van der Waals surface area (Å²) < 4.78 is 0.892. The minimum Gasteiger partial charge on any atom is -0.358 e. The smallest absolute Gasteiger partial charge is 0.230 e. The van der Waals surface area contributed by atoms with Crippen molar-refractivity contribution in [3.63, 3.8) is 0 Å². The molecule has 0 spiro atoms. The highest BCUT2D eigenvalue weighted by atomic mass is 35.5. The fourth-order valence-electron chi connectivity index (χ4n) is 1.28. The number of nitrogens with one attached hydrogen (secondary N) is 1. The second-order valence-electron chi connectivity index (χ2n) is 3.47. The van der Waals surface area contributed by atoms with Crippen LogP contribution in [0, 0.1) is 0 Å². The van der Waals surface area contributed by atoms with E-state index in [4.69, 9.17) is 11.6 Å². The van der Waals surface area contributed by atoms with Gasteiger partial charge in [0.25, 0.3) is 0 Å². The summed E-state index contributed by atoms with van der Waals surface area (Å²) >= 11 is 8.82. The Morgan fingerprint density at radius 1 is 1.44 bits per heavy atom. The molecule has 0 saturated heterocycles. The Balaban J connectivity index is 2.06. The van der Waals surface area contributed by atoms with Gasteiger partial charge in [0.05, 0.1) is 11.4 Å². The molecule has 0 unspecified atom stereocenters. The van der Waals surface area contributed by atoms with E-state index >= 15 is 0 Å². The highest BCUT2D eigenvalue weighted by molar-refractivity contribution is 8.01. The van der Waals surface area contributed by atoms with Crippen LogP contribution in [0.25, 0.3) is 11.3 Å². The van der Waals surface area contributed by atoms with Gasteiger partial charge in [0.2, 0.25) is 5.91 Å². The molecule has 1 N–H and O–H groups in total. The van der Waals surface area contributed by atoms with E-state index in [-0.39, 0.29) is 5.91 Å². The largest absolute Gasteiger partial charge is 0.358 e. The van der Waals surface area contributed by atoms with E-state index in [2.05, 4.69) is 10.3 Å². The third kappa shape index (κ3) is 3.48. The van der Waals surface area contributed by atoms with Gasteiger partial charge in [0.15, 0.2) is 4.34 Å². The van der Waals surface area contributed by atoms with Crippen molar-refractivity contribution in [2.24, 2.45) is 0 Å². The molecule has 0 aliphatic carbocycles. The summed E-state index contributed by atoms with van der Waals surface area (Å²) in [4.78, 5) is 15.6. The van der Waals surface area contributed by atoms with Gasteiger partial charge in [-0.2, -0.15) is 0 Å². The van der Waals surface area contributed by atoms with Gasteiger partial charge >= 0.3 is 0 Å². The standard InChI is InChI=1S/C12H11ClN2OS2/c1-14-11(16)7-18-12-15-10(6-17-12)8-2-4-9(13)5-3-8/h2-6H,7H2,1H3,(H,14,16). The number of aromatic nitrogens is 1. The molecule has 0 saturated carbocycles. The van der Waals surface area contributed by atoms with Crippen LogP contribution in [0.2, 0.25) is 5.02 Å². The zero-order valence-electron chi connectivity index (χ0n) is 9.64. The number of halogens is 1. The van der Waals surface area contributed by atoms with E-state index < -0.39 is 0 Å². The van der Waals surface area contributed by atoms with Crippen LogP contribution < -0.4 is 5.32 Å². The van der Waals surface area contributed by atoms with E-state index in [9.17, 15) is 4.79 Å². The molecule has 0 atom stereocenters. The molecule has 18 heavy (non-hydrogen) atoms. The van der Waals surface area contributed by atoms with Gasteiger partial charge in [0.1, 0.15) is 0 Å². The third-order valence-corrected chi connectivity index (χ3v) is 4.50. The van der Waals surface area contributed by atoms with Gasteiger partial charge < -0.3 is 5.32 Å². The first kappa shape index (κ1) is 13.4. The average molecular weight is 299 g/mol. The molecule has 1 heterocycles. The zero-order valence-corrected chi connectivity index (χ0v) is 12.0. The maximum absolute atomic E-state index is 11.1. The van der Waals surface area contributed by atoms with Crippen molar-refractivity contribution in [3.8, 4) is 11.3 Å². The molecule has 1 aromatic carbocycles. The molecule has 1 amide bonds. The van der Waals surface area contributed by atoms with E-state index in [1.54, 1.807) is 7.05 Å².